The number of nitrogens with zero attached hydrogens (tertiary/aromatic N) is 1. The van der Waals surface area contributed by atoms with E-state index in [2.05, 4.69) is 53.9 Å². The van der Waals surface area contributed by atoms with Crippen LogP contribution in [0.1, 0.15) is 38.5 Å². The van der Waals surface area contributed by atoms with Crippen molar-refractivity contribution in [2.24, 2.45) is 16.3 Å². The molecule has 0 saturated carbocycles. The highest BCUT2D eigenvalue weighted by atomic mass is 32.1. The second kappa shape index (κ2) is 8.69. The van der Waals surface area contributed by atoms with Crippen molar-refractivity contribution < 1.29 is 4.74 Å². The topological polar surface area (TPSA) is 45.7 Å². The monoisotopic (exact) mass is 337 g/mol. The molecule has 1 aliphatic heterocycles. The van der Waals surface area contributed by atoms with E-state index < -0.39 is 0 Å². The molecule has 1 aromatic rings. The van der Waals surface area contributed by atoms with Gasteiger partial charge in [-0.2, -0.15) is 0 Å². The molecule has 1 saturated heterocycles. The Morgan fingerprint density at radius 2 is 2.22 bits per heavy atom. The molecule has 0 bridgehead atoms. The molecule has 0 aliphatic carbocycles. The number of nitrogens with one attached hydrogen (secondary N) is 2. The molecule has 2 atom stereocenters. The van der Waals surface area contributed by atoms with Crippen molar-refractivity contribution in [3.63, 3.8) is 0 Å². The summed E-state index contributed by atoms with van der Waals surface area (Å²) in [6.45, 7) is 9.52. The zero-order valence-corrected chi connectivity index (χ0v) is 15.7. The molecule has 0 radical (unpaired) electrons. The fraction of sp³-hybridized carbons (Fsp3) is 0.722. The third-order valence-electron chi connectivity index (χ3n) is 4.30. The molecule has 0 spiro atoms. The van der Waals surface area contributed by atoms with Gasteiger partial charge in [-0.05, 0) is 36.1 Å². The first-order chi connectivity index (χ1) is 11.0. The highest BCUT2D eigenvalue weighted by Crippen LogP contribution is 2.33. The van der Waals surface area contributed by atoms with Gasteiger partial charge in [0.15, 0.2) is 5.96 Å². The van der Waals surface area contributed by atoms with Crippen LogP contribution in [-0.2, 0) is 11.2 Å². The molecule has 4 nitrogen and oxygen atoms in total. The van der Waals surface area contributed by atoms with Gasteiger partial charge in [0.25, 0.3) is 0 Å². The molecule has 2 rings (SSSR count). The van der Waals surface area contributed by atoms with E-state index in [1.54, 1.807) is 11.3 Å². The van der Waals surface area contributed by atoms with E-state index in [1.165, 1.54) is 11.3 Å². The van der Waals surface area contributed by atoms with Gasteiger partial charge in [0.05, 0.1) is 6.10 Å². The molecule has 2 unspecified atom stereocenters. The standard InChI is InChI=1S/C18H31N3OS/c1-18(2,3)16-14(7-5-11-22-16)13-21-17(19-4)20-10-9-15-8-6-12-23-15/h6,8,12,14,16H,5,7,9-11,13H2,1-4H3,(H2,19,20,21). The van der Waals surface area contributed by atoms with Crippen molar-refractivity contribution >= 4 is 17.3 Å². The lowest BCUT2D eigenvalue weighted by atomic mass is 9.78. The highest BCUT2D eigenvalue weighted by molar-refractivity contribution is 7.09. The fourth-order valence-electron chi connectivity index (χ4n) is 3.22. The molecule has 1 aliphatic rings. The lowest BCUT2D eigenvalue weighted by molar-refractivity contribution is -0.0835. The van der Waals surface area contributed by atoms with E-state index in [-0.39, 0.29) is 5.41 Å². The number of aliphatic imine (C=N–C) groups is 1. The second-order valence-corrected chi connectivity index (χ2v) is 8.30. The zero-order chi connectivity index (χ0) is 16.7. The van der Waals surface area contributed by atoms with Crippen LogP contribution in [0.25, 0.3) is 0 Å². The smallest absolute Gasteiger partial charge is 0.190 e. The average molecular weight is 338 g/mol. The fourth-order valence-corrected chi connectivity index (χ4v) is 3.93. The zero-order valence-electron chi connectivity index (χ0n) is 14.9. The predicted molar refractivity (Wildman–Crippen MR) is 99.3 cm³/mol. The summed E-state index contributed by atoms with van der Waals surface area (Å²) in [6.07, 6.45) is 3.73. The summed E-state index contributed by atoms with van der Waals surface area (Å²) in [4.78, 5) is 5.74. The van der Waals surface area contributed by atoms with Crippen LogP contribution in [0.2, 0.25) is 0 Å². The Bertz CT molecular complexity index is 479. The predicted octanol–water partition coefficient (Wildman–Crippen LogP) is 3.30. The molecule has 130 valence electrons. The van der Waals surface area contributed by atoms with Crippen molar-refractivity contribution in [2.75, 3.05) is 26.7 Å². The van der Waals surface area contributed by atoms with Gasteiger partial charge in [-0.3, -0.25) is 4.99 Å². The number of guanidine groups is 1. The van der Waals surface area contributed by atoms with E-state index in [1.807, 2.05) is 7.05 Å². The Kier molecular flexibility index (Phi) is 6.90. The Morgan fingerprint density at radius 3 is 2.87 bits per heavy atom. The lowest BCUT2D eigenvalue weighted by Crippen LogP contribution is -2.47. The van der Waals surface area contributed by atoms with Crippen LogP contribution in [0, 0.1) is 11.3 Å². The number of thiophene rings is 1. The van der Waals surface area contributed by atoms with Crippen LogP contribution < -0.4 is 10.6 Å². The Hall–Kier alpha value is -1.07. The molecular weight excluding hydrogens is 306 g/mol. The second-order valence-electron chi connectivity index (χ2n) is 7.27. The Balaban J connectivity index is 1.77. The minimum absolute atomic E-state index is 0.183. The first-order valence-electron chi connectivity index (χ1n) is 8.59. The van der Waals surface area contributed by atoms with E-state index >= 15 is 0 Å². The maximum absolute atomic E-state index is 6.05. The summed E-state index contributed by atoms with van der Waals surface area (Å²) in [7, 11) is 1.83. The molecule has 5 heteroatoms. The molecule has 1 fully saturated rings. The van der Waals surface area contributed by atoms with Crippen molar-refractivity contribution in [1.82, 2.24) is 10.6 Å². The van der Waals surface area contributed by atoms with Crippen LogP contribution in [0.4, 0.5) is 0 Å². The van der Waals surface area contributed by atoms with Gasteiger partial charge in [-0.15, -0.1) is 11.3 Å². The number of rotatable bonds is 5. The molecule has 2 heterocycles. The van der Waals surface area contributed by atoms with Gasteiger partial charge in [0, 0.05) is 37.5 Å². The van der Waals surface area contributed by atoms with Gasteiger partial charge < -0.3 is 15.4 Å². The van der Waals surface area contributed by atoms with Gasteiger partial charge in [0.2, 0.25) is 0 Å². The maximum atomic E-state index is 6.05. The molecule has 0 amide bonds. The van der Waals surface area contributed by atoms with Gasteiger partial charge in [-0.1, -0.05) is 26.8 Å². The van der Waals surface area contributed by atoms with E-state index in [9.17, 15) is 0 Å². The van der Waals surface area contributed by atoms with Crippen LogP contribution >= 0.6 is 11.3 Å². The third kappa shape index (κ3) is 5.81. The first kappa shape index (κ1) is 18.3. The van der Waals surface area contributed by atoms with Crippen LogP contribution in [0.3, 0.4) is 0 Å². The van der Waals surface area contributed by atoms with E-state index in [0.29, 0.717) is 12.0 Å². The summed E-state index contributed by atoms with van der Waals surface area (Å²) in [5.74, 6) is 1.43. The minimum Gasteiger partial charge on any atom is -0.377 e. The number of hydrogen-bond acceptors (Lipinski definition) is 3. The van der Waals surface area contributed by atoms with E-state index in [0.717, 1.165) is 38.5 Å². The average Bonchev–Trinajstić information content (AvgIpc) is 3.03. The minimum atomic E-state index is 0.183. The van der Waals surface area contributed by atoms with Crippen molar-refractivity contribution in [3.05, 3.63) is 22.4 Å². The summed E-state index contributed by atoms with van der Waals surface area (Å²) in [6, 6.07) is 4.28. The molecule has 23 heavy (non-hydrogen) atoms. The Labute approximate surface area is 144 Å². The van der Waals surface area contributed by atoms with Crippen molar-refractivity contribution in [3.8, 4) is 0 Å². The van der Waals surface area contributed by atoms with Crippen LogP contribution in [0.15, 0.2) is 22.5 Å². The quantitative estimate of drug-likeness (QED) is 0.640. The number of ether oxygens (including phenoxy) is 1. The molecule has 1 aromatic heterocycles. The lowest BCUT2D eigenvalue weighted by Gasteiger charge is -2.40. The highest BCUT2D eigenvalue weighted by Gasteiger charge is 2.35. The van der Waals surface area contributed by atoms with E-state index in [4.69, 9.17) is 4.74 Å². The normalized spacial score (nSPS) is 22.9. The SMILES string of the molecule is CN=C(NCCc1cccs1)NCC1CCCOC1C(C)(C)C. The van der Waals surface area contributed by atoms with Gasteiger partial charge in [0.1, 0.15) is 0 Å². The molecular formula is C18H31N3OS. The van der Waals surface area contributed by atoms with Gasteiger partial charge >= 0.3 is 0 Å². The Morgan fingerprint density at radius 1 is 1.39 bits per heavy atom. The first-order valence-corrected chi connectivity index (χ1v) is 9.47. The molecule has 2 N–H and O–H groups in total. The van der Waals surface area contributed by atoms with Crippen LogP contribution in [-0.4, -0.2) is 38.8 Å². The summed E-state index contributed by atoms with van der Waals surface area (Å²) < 4.78 is 6.05. The third-order valence-corrected chi connectivity index (χ3v) is 5.23. The van der Waals surface area contributed by atoms with Crippen molar-refractivity contribution in [2.45, 2.75) is 46.1 Å². The largest absolute Gasteiger partial charge is 0.377 e. The number of hydrogen-bond donors (Lipinski definition) is 2. The maximum Gasteiger partial charge on any atom is 0.190 e. The van der Waals surface area contributed by atoms with Crippen molar-refractivity contribution in [1.29, 1.82) is 0 Å². The summed E-state index contributed by atoms with van der Waals surface area (Å²) >= 11 is 1.80. The summed E-state index contributed by atoms with van der Waals surface area (Å²) in [5.41, 5.74) is 0.183. The molecule has 0 aromatic carbocycles. The van der Waals surface area contributed by atoms with Crippen LogP contribution in [0.5, 0.6) is 0 Å². The van der Waals surface area contributed by atoms with Gasteiger partial charge in [-0.25, -0.2) is 0 Å². The summed E-state index contributed by atoms with van der Waals surface area (Å²) in [5, 5.41) is 9.01.